The van der Waals surface area contributed by atoms with E-state index >= 15 is 0 Å². The largest absolute Gasteiger partial charge is 0.493 e. The average molecular weight is 299 g/mol. The fourth-order valence-electron chi connectivity index (χ4n) is 2.23. The van der Waals surface area contributed by atoms with E-state index in [9.17, 15) is 9.18 Å². The van der Waals surface area contributed by atoms with Crippen molar-refractivity contribution in [2.75, 3.05) is 7.11 Å². The van der Waals surface area contributed by atoms with Gasteiger partial charge < -0.3 is 14.5 Å². The zero-order valence-electron chi connectivity index (χ0n) is 11.9. The number of amides is 1. The summed E-state index contributed by atoms with van der Waals surface area (Å²) in [5.41, 5.74) is 1.21. The van der Waals surface area contributed by atoms with Crippen molar-refractivity contribution in [1.82, 2.24) is 5.32 Å². The van der Waals surface area contributed by atoms with E-state index in [2.05, 4.69) is 5.32 Å². The molecule has 0 bridgehead atoms. The smallest absolute Gasteiger partial charge is 0.287 e. The van der Waals surface area contributed by atoms with Gasteiger partial charge in [0.2, 0.25) is 0 Å². The molecular weight excluding hydrogens is 285 g/mol. The summed E-state index contributed by atoms with van der Waals surface area (Å²) >= 11 is 0. The highest BCUT2D eigenvalue weighted by atomic mass is 19.1. The van der Waals surface area contributed by atoms with Crippen LogP contribution in [0.3, 0.4) is 0 Å². The van der Waals surface area contributed by atoms with Gasteiger partial charge in [0, 0.05) is 11.9 Å². The molecule has 0 spiro atoms. The van der Waals surface area contributed by atoms with Crippen LogP contribution in [-0.2, 0) is 6.54 Å². The minimum Gasteiger partial charge on any atom is -0.493 e. The maximum Gasteiger partial charge on any atom is 0.287 e. The third-order valence-corrected chi connectivity index (χ3v) is 3.29. The maximum absolute atomic E-state index is 13.1. The quantitative estimate of drug-likeness (QED) is 0.802. The van der Waals surface area contributed by atoms with Crippen molar-refractivity contribution in [3.05, 3.63) is 65.7 Å². The van der Waals surface area contributed by atoms with Crippen LogP contribution in [0.15, 0.2) is 52.9 Å². The number of para-hydroxylation sites is 1. The van der Waals surface area contributed by atoms with Crippen molar-refractivity contribution in [3.63, 3.8) is 0 Å². The van der Waals surface area contributed by atoms with Crippen LogP contribution in [0.2, 0.25) is 0 Å². The molecule has 0 saturated carbocycles. The Bertz CT molecular complexity index is 826. The predicted octanol–water partition coefficient (Wildman–Crippen LogP) is 3.51. The van der Waals surface area contributed by atoms with Gasteiger partial charge in [-0.15, -0.1) is 0 Å². The van der Waals surface area contributed by atoms with E-state index < -0.39 is 0 Å². The van der Waals surface area contributed by atoms with E-state index in [1.165, 1.54) is 12.1 Å². The monoisotopic (exact) mass is 299 g/mol. The molecular formula is C17H14FNO3. The average Bonchev–Trinajstić information content (AvgIpc) is 2.96. The predicted molar refractivity (Wildman–Crippen MR) is 80.3 cm³/mol. The molecule has 0 atom stereocenters. The van der Waals surface area contributed by atoms with Gasteiger partial charge in [-0.05, 0) is 29.8 Å². The van der Waals surface area contributed by atoms with Crippen LogP contribution in [0.1, 0.15) is 16.1 Å². The van der Waals surface area contributed by atoms with Crippen LogP contribution in [-0.4, -0.2) is 13.0 Å². The molecule has 1 heterocycles. The fourth-order valence-corrected chi connectivity index (χ4v) is 2.23. The number of hydrogen-bond acceptors (Lipinski definition) is 3. The SMILES string of the molecule is COc1cccc2cc(C(=O)NCc3cccc(F)c3)oc12. The molecule has 3 rings (SSSR count). The fraction of sp³-hybridized carbons (Fsp3) is 0.118. The van der Waals surface area contributed by atoms with Crippen molar-refractivity contribution < 1.29 is 18.3 Å². The Morgan fingerprint density at radius 3 is 2.82 bits per heavy atom. The summed E-state index contributed by atoms with van der Waals surface area (Å²) in [6.07, 6.45) is 0. The molecule has 5 heteroatoms. The van der Waals surface area contributed by atoms with Crippen molar-refractivity contribution >= 4 is 16.9 Å². The van der Waals surface area contributed by atoms with Gasteiger partial charge >= 0.3 is 0 Å². The molecule has 4 nitrogen and oxygen atoms in total. The van der Waals surface area contributed by atoms with Crippen molar-refractivity contribution in [2.24, 2.45) is 0 Å². The molecule has 1 aromatic heterocycles. The first kappa shape index (κ1) is 14.1. The lowest BCUT2D eigenvalue weighted by atomic mass is 10.2. The summed E-state index contributed by atoms with van der Waals surface area (Å²) in [5, 5.41) is 3.49. The van der Waals surface area contributed by atoms with Crippen LogP contribution in [0.25, 0.3) is 11.0 Å². The first-order valence-corrected chi connectivity index (χ1v) is 6.76. The van der Waals surface area contributed by atoms with Crippen LogP contribution >= 0.6 is 0 Å². The van der Waals surface area contributed by atoms with E-state index in [0.29, 0.717) is 16.9 Å². The number of furan rings is 1. The Kier molecular flexibility index (Phi) is 3.78. The number of carbonyl (C=O) groups excluding carboxylic acids is 1. The third kappa shape index (κ3) is 2.79. The molecule has 3 aromatic rings. The molecule has 2 aromatic carbocycles. The van der Waals surface area contributed by atoms with Crippen LogP contribution < -0.4 is 10.1 Å². The van der Waals surface area contributed by atoms with Gasteiger partial charge in [-0.3, -0.25) is 4.79 Å². The number of fused-ring (bicyclic) bond motifs is 1. The number of hydrogen-bond donors (Lipinski definition) is 1. The molecule has 0 radical (unpaired) electrons. The van der Waals surface area contributed by atoms with Crippen molar-refractivity contribution in [3.8, 4) is 5.75 Å². The topological polar surface area (TPSA) is 51.5 Å². The lowest BCUT2D eigenvalue weighted by molar-refractivity contribution is 0.0925. The first-order valence-electron chi connectivity index (χ1n) is 6.76. The highest BCUT2D eigenvalue weighted by Gasteiger charge is 2.14. The van der Waals surface area contributed by atoms with E-state index in [1.54, 1.807) is 31.4 Å². The van der Waals surface area contributed by atoms with E-state index in [-0.39, 0.29) is 24.0 Å². The van der Waals surface area contributed by atoms with Crippen LogP contribution in [0.5, 0.6) is 5.75 Å². The molecule has 0 aliphatic carbocycles. The Hall–Kier alpha value is -2.82. The van der Waals surface area contributed by atoms with Crippen LogP contribution in [0.4, 0.5) is 4.39 Å². The lowest BCUT2D eigenvalue weighted by Gasteiger charge is -2.03. The molecule has 0 saturated heterocycles. The zero-order chi connectivity index (χ0) is 15.5. The molecule has 1 N–H and O–H groups in total. The summed E-state index contributed by atoms with van der Waals surface area (Å²) in [7, 11) is 1.54. The minimum atomic E-state index is -0.359. The van der Waals surface area contributed by atoms with Crippen molar-refractivity contribution in [1.29, 1.82) is 0 Å². The number of carbonyl (C=O) groups is 1. The number of halogens is 1. The van der Waals surface area contributed by atoms with Gasteiger partial charge in [-0.2, -0.15) is 0 Å². The standard InChI is InChI=1S/C17H14FNO3/c1-21-14-7-3-5-12-9-15(22-16(12)14)17(20)19-10-11-4-2-6-13(18)8-11/h2-9H,10H2,1H3,(H,19,20). The van der Waals surface area contributed by atoms with Gasteiger partial charge in [-0.25, -0.2) is 4.39 Å². The summed E-state index contributed by atoms with van der Waals surface area (Å²) in [6, 6.07) is 13.2. The molecule has 0 unspecified atom stereocenters. The molecule has 0 fully saturated rings. The van der Waals surface area contributed by atoms with Gasteiger partial charge in [0.05, 0.1) is 7.11 Å². The Labute approximate surface area is 126 Å². The summed E-state index contributed by atoms with van der Waals surface area (Å²) in [5.74, 6) is 0.0697. The van der Waals surface area contributed by atoms with E-state index in [0.717, 1.165) is 5.39 Å². The second-order valence-electron chi connectivity index (χ2n) is 4.80. The second-order valence-corrected chi connectivity index (χ2v) is 4.80. The number of methoxy groups -OCH3 is 1. The Morgan fingerprint density at radius 2 is 2.05 bits per heavy atom. The highest BCUT2D eigenvalue weighted by Crippen LogP contribution is 2.28. The summed E-state index contributed by atoms with van der Waals surface area (Å²) in [4.78, 5) is 12.1. The number of ether oxygens (including phenoxy) is 1. The normalized spacial score (nSPS) is 10.6. The number of nitrogens with one attached hydrogen (secondary N) is 1. The Morgan fingerprint density at radius 1 is 1.23 bits per heavy atom. The molecule has 0 aliphatic heterocycles. The summed E-state index contributed by atoms with van der Waals surface area (Å²) in [6.45, 7) is 0.227. The zero-order valence-corrected chi connectivity index (χ0v) is 11.9. The maximum atomic E-state index is 13.1. The molecule has 0 aliphatic rings. The third-order valence-electron chi connectivity index (χ3n) is 3.29. The second kappa shape index (κ2) is 5.89. The van der Waals surface area contributed by atoms with Crippen molar-refractivity contribution in [2.45, 2.75) is 6.54 Å². The number of rotatable bonds is 4. The minimum absolute atomic E-state index is 0.191. The summed E-state index contributed by atoms with van der Waals surface area (Å²) < 4.78 is 23.8. The molecule has 112 valence electrons. The van der Waals surface area contributed by atoms with Gasteiger partial charge in [-0.1, -0.05) is 24.3 Å². The highest BCUT2D eigenvalue weighted by molar-refractivity contribution is 5.97. The molecule has 22 heavy (non-hydrogen) atoms. The van der Waals surface area contributed by atoms with Gasteiger partial charge in [0.15, 0.2) is 17.1 Å². The van der Waals surface area contributed by atoms with Crippen LogP contribution in [0, 0.1) is 5.82 Å². The van der Waals surface area contributed by atoms with Gasteiger partial charge in [0.25, 0.3) is 5.91 Å². The number of benzene rings is 2. The van der Waals surface area contributed by atoms with E-state index in [4.69, 9.17) is 9.15 Å². The van der Waals surface area contributed by atoms with Gasteiger partial charge in [0.1, 0.15) is 5.82 Å². The first-order chi connectivity index (χ1) is 10.7. The molecule has 1 amide bonds. The lowest BCUT2D eigenvalue weighted by Crippen LogP contribution is -2.22. The Balaban J connectivity index is 1.77. The van der Waals surface area contributed by atoms with E-state index in [1.807, 2.05) is 12.1 Å².